The lowest BCUT2D eigenvalue weighted by molar-refractivity contribution is 0.166. The van der Waals surface area contributed by atoms with Crippen LogP contribution in [0.15, 0.2) is 39.8 Å². The number of anilines is 1. The first-order chi connectivity index (χ1) is 13.3. The number of fused-ring (bicyclic) bond motifs is 1. The summed E-state index contributed by atoms with van der Waals surface area (Å²) in [5.41, 5.74) is 2.17. The van der Waals surface area contributed by atoms with Crippen molar-refractivity contribution in [2.45, 2.75) is 24.4 Å². The summed E-state index contributed by atoms with van der Waals surface area (Å²) in [5, 5.41) is 4.21. The maximum Gasteiger partial charge on any atom is 0.264 e. The number of sulfonamides is 1. The first kappa shape index (κ1) is 25.5. The van der Waals surface area contributed by atoms with Crippen molar-refractivity contribution >= 4 is 86.0 Å². The van der Waals surface area contributed by atoms with Crippen LogP contribution in [0.5, 0.6) is 0 Å². The summed E-state index contributed by atoms with van der Waals surface area (Å²) in [7, 11) is -3.85. The summed E-state index contributed by atoms with van der Waals surface area (Å²) in [6, 6.07) is 7.14. The van der Waals surface area contributed by atoms with Crippen LogP contribution in [0.3, 0.4) is 0 Å². The van der Waals surface area contributed by atoms with Crippen LogP contribution in [0, 0.1) is 0 Å². The van der Waals surface area contributed by atoms with Gasteiger partial charge in [0.15, 0.2) is 0 Å². The van der Waals surface area contributed by atoms with Crippen molar-refractivity contribution in [3.63, 3.8) is 0 Å². The van der Waals surface area contributed by atoms with Gasteiger partial charge < -0.3 is 9.73 Å². The standard InChI is InChI=1S/C18H19Cl2N3O3S2.2ClH/c1-11-9-21-3-4-23(11)10-13-7-14(6-12-2-5-26-17(12)13)22-28(24,25)15-8-16(19)27-18(15)20;;/h2,5-8,11,21-22H,3-4,9-10H2,1H3;2*1H. The lowest BCUT2D eigenvalue weighted by Crippen LogP contribution is -2.49. The first-order valence-corrected chi connectivity index (χ1v) is 11.8. The quantitative estimate of drug-likeness (QED) is 0.470. The summed E-state index contributed by atoms with van der Waals surface area (Å²) in [5.74, 6) is 0. The number of thiophene rings is 1. The maximum atomic E-state index is 12.8. The monoisotopic (exact) mass is 531 g/mol. The zero-order valence-corrected chi connectivity index (χ0v) is 20.6. The van der Waals surface area contributed by atoms with Gasteiger partial charge in [-0.2, -0.15) is 0 Å². The molecule has 1 atom stereocenters. The molecule has 2 aromatic heterocycles. The van der Waals surface area contributed by atoms with E-state index in [2.05, 4.69) is 21.9 Å². The average molecular weight is 533 g/mol. The highest BCUT2D eigenvalue weighted by molar-refractivity contribution is 7.93. The van der Waals surface area contributed by atoms with Crippen LogP contribution in [0.1, 0.15) is 12.5 Å². The van der Waals surface area contributed by atoms with Crippen molar-refractivity contribution in [2.75, 3.05) is 24.4 Å². The molecule has 2 N–H and O–H groups in total. The molecular formula is C18H21Cl4N3O3S2. The van der Waals surface area contributed by atoms with Crippen molar-refractivity contribution in [3.05, 3.63) is 44.8 Å². The van der Waals surface area contributed by atoms with E-state index >= 15 is 0 Å². The molecule has 6 nitrogen and oxygen atoms in total. The van der Waals surface area contributed by atoms with Crippen molar-refractivity contribution in [3.8, 4) is 0 Å². The van der Waals surface area contributed by atoms with E-state index in [1.165, 1.54) is 6.07 Å². The van der Waals surface area contributed by atoms with Crippen LogP contribution in [0.25, 0.3) is 11.0 Å². The van der Waals surface area contributed by atoms with E-state index in [0.717, 1.165) is 47.5 Å². The Morgan fingerprint density at radius 3 is 2.73 bits per heavy atom. The number of halogens is 4. The van der Waals surface area contributed by atoms with Gasteiger partial charge in [-0.3, -0.25) is 9.62 Å². The number of rotatable bonds is 5. The highest BCUT2D eigenvalue weighted by Gasteiger charge is 2.23. The third-order valence-electron chi connectivity index (χ3n) is 4.81. The van der Waals surface area contributed by atoms with E-state index < -0.39 is 10.0 Å². The van der Waals surface area contributed by atoms with Crippen molar-refractivity contribution in [1.29, 1.82) is 0 Å². The van der Waals surface area contributed by atoms with Crippen LogP contribution in [-0.4, -0.2) is 39.0 Å². The molecule has 12 heteroatoms. The molecule has 0 spiro atoms. The van der Waals surface area contributed by atoms with E-state index in [1.807, 2.05) is 12.1 Å². The van der Waals surface area contributed by atoms with Gasteiger partial charge in [-0.05, 0) is 31.2 Å². The SMILES string of the molecule is CC1CNCCN1Cc1cc(NS(=O)(=O)c2cc(Cl)sc2Cl)cc2ccoc12.Cl.Cl. The van der Waals surface area contributed by atoms with Gasteiger partial charge in [-0.25, -0.2) is 8.42 Å². The van der Waals surface area contributed by atoms with Gasteiger partial charge >= 0.3 is 0 Å². The fraction of sp³-hybridized carbons (Fsp3) is 0.333. The Kier molecular flexibility index (Phi) is 8.75. The van der Waals surface area contributed by atoms with Gasteiger partial charge in [0.05, 0.1) is 16.3 Å². The van der Waals surface area contributed by atoms with Crippen molar-refractivity contribution in [2.24, 2.45) is 0 Å². The molecule has 3 heterocycles. The summed E-state index contributed by atoms with van der Waals surface area (Å²) in [4.78, 5) is 2.33. The van der Waals surface area contributed by atoms with E-state index in [9.17, 15) is 8.42 Å². The molecule has 0 aliphatic carbocycles. The minimum atomic E-state index is -3.85. The molecule has 30 heavy (non-hydrogen) atoms. The van der Waals surface area contributed by atoms with Crippen LogP contribution >= 0.6 is 59.4 Å². The summed E-state index contributed by atoms with van der Waals surface area (Å²) >= 11 is 13.0. The van der Waals surface area contributed by atoms with Crippen LogP contribution in [0.2, 0.25) is 8.67 Å². The first-order valence-electron chi connectivity index (χ1n) is 8.76. The van der Waals surface area contributed by atoms with Crippen LogP contribution in [0.4, 0.5) is 5.69 Å². The number of piperazine rings is 1. The number of nitrogens with one attached hydrogen (secondary N) is 2. The zero-order valence-electron chi connectivity index (χ0n) is 15.9. The molecule has 0 amide bonds. The molecule has 4 rings (SSSR count). The number of furan rings is 1. The molecular weight excluding hydrogens is 512 g/mol. The molecule has 166 valence electrons. The molecule has 1 aliphatic rings. The molecule has 1 unspecified atom stereocenters. The second-order valence-corrected chi connectivity index (χ2v) is 10.7. The van der Waals surface area contributed by atoms with Crippen molar-refractivity contribution < 1.29 is 12.8 Å². The minimum Gasteiger partial charge on any atom is -0.464 e. The predicted molar refractivity (Wildman–Crippen MR) is 129 cm³/mol. The summed E-state index contributed by atoms with van der Waals surface area (Å²) in [6.07, 6.45) is 1.61. The van der Waals surface area contributed by atoms with Gasteiger partial charge in [0.2, 0.25) is 0 Å². The number of benzene rings is 1. The Hall–Kier alpha value is -0.710. The molecule has 3 aromatic rings. The van der Waals surface area contributed by atoms with Gasteiger partial charge in [-0.1, -0.05) is 23.2 Å². The number of hydrogen-bond donors (Lipinski definition) is 2. The zero-order chi connectivity index (χ0) is 19.9. The smallest absolute Gasteiger partial charge is 0.264 e. The largest absolute Gasteiger partial charge is 0.464 e. The molecule has 0 radical (unpaired) electrons. The molecule has 1 aromatic carbocycles. The minimum absolute atomic E-state index is 0. The summed E-state index contributed by atoms with van der Waals surface area (Å²) in [6.45, 7) is 5.61. The highest BCUT2D eigenvalue weighted by Crippen LogP contribution is 2.36. The van der Waals surface area contributed by atoms with E-state index in [-0.39, 0.29) is 34.0 Å². The van der Waals surface area contributed by atoms with Gasteiger partial charge in [0, 0.05) is 43.2 Å². The van der Waals surface area contributed by atoms with E-state index in [4.69, 9.17) is 27.6 Å². The molecule has 0 saturated carbocycles. The Morgan fingerprint density at radius 2 is 2.07 bits per heavy atom. The lowest BCUT2D eigenvalue weighted by Gasteiger charge is -2.33. The third kappa shape index (κ3) is 5.37. The molecule has 0 bridgehead atoms. The summed E-state index contributed by atoms with van der Waals surface area (Å²) < 4.78 is 34.3. The van der Waals surface area contributed by atoms with Crippen LogP contribution < -0.4 is 10.0 Å². The van der Waals surface area contributed by atoms with Gasteiger partial charge in [0.1, 0.15) is 14.8 Å². The highest BCUT2D eigenvalue weighted by atomic mass is 35.5. The number of hydrogen-bond acceptors (Lipinski definition) is 6. The van der Waals surface area contributed by atoms with E-state index in [0.29, 0.717) is 22.6 Å². The van der Waals surface area contributed by atoms with Gasteiger partial charge in [-0.15, -0.1) is 36.2 Å². The molecule has 1 saturated heterocycles. The fourth-order valence-electron chi connectivity index (χ4n) is 3.39. The lowest BCUT2D eigenvalue weighted by atomic mass is 10.1. The fourth-order valence-corrected chi connectivity index (χ4v) is 6.58. The average Bonchev–Trinajstić information content (AvgIpc) is 3.23. The predicted octanol–water partition coefficient (Wildman–Crippen LogP) is 5.24. The normalized spacial score (nSPS) is 17.4. The second-order valence-electron chi connectivity index (χ2n) is 6.79. The topological polar surface area (TPSA) is 74.6 Å². The Morgan fingerprint density at radius 1 is 1.30 bits per heavy atom. The Balaban J connectivity index is 0.00000160. The Labute approximate surface area is 201 Å². The molecule has 1 fully saturated rings. The third-order valence-corrected chi connectivity index (χ3v) is 7.94. The van der Waals surface area contributed by atoms with E-state index in [1.54, 1.807) is 12.3 Å². The van der Waals surface area contributed by atoms with Crippen molar-refractivity contribution in [1.82, 2.24) is 10.2 Å². The molecule has 1 aliphatic heterocycles. The second kappa shape index (κ2) is 10.3. The van der Waals surface area contributed by atoms with Crippen LogP contribution in [-0.2, 0) is 16.6 Å². The Bertz CT molecular complexity index is 1120. The van der Waals surface area contributed by atoms with Gasteiger partial charge in [0.25, 0.3) is 10.0 Å². The number of nitrogens with zero attached hydrogens (tertiary/aromatic N) is 1. The maximum absolute atomic E-state index is 12.8.